The molecule has 1 amide bonds. The zero-order chi connectivity index (χ0) is 22.5. The van der Waals surface area contributed by atoms with E-state index in [-0.39, 0.29) is 11.8 Å². The van der Waals surface area contributed by atoms with Crippen molar-refractivity contribution >= 4 is 11.9 Å². The first-order valence-electron chi connectivity index (χ1n) is 11.6. The molecule has 0 spiro atoms. The van der Waals surface area contributed by atoms with Gasteiger partial charge in [0.25, 0.3) is 0 Å². The lowest BCUT2D eigenvalue weighted by atomic mass is 9.97. The van der Waals surface area contributed by atoms with E-state index in [1.54, 1.807) is 0 Å². The molecule has 1 aromatic heterocycles. The molecule has 2 fully saturated rings. The summed E-state index contributed by atoms with van der Waals surface area (Å²) in [5.41, 5.74) is 9.33. The molecule has 8 heteroatoms. The van der Waals surface area contributed by atoms with Gasteiger partial charge >= 0.3 is 0 Å². The van der Waals surface area contributed by atoms with E-state index in [0.717, 1.165) is 64.5 Å². The third-order valence-corrected chi connectivity index (χ3v) is 6.65. The first-order chi connectivity index (χ1) is 15.5. The lowest BCUT2D eigenvalue weighted by Gasteiger charge is -2.31. The molecule has 2 aliphatic rings. The molecule has 3 heterocycles. The van der Waals surface area contributed by atoms with Gasteiger partial charge in [-0.2, -0.15) is 5.10 Å². The lowest BCUT2D eigenvalue weighted by Crippen LogP contribution is -2.40. The molecule has 2 aliphatic heterocycles. The van der Waals surface area contributed by atoms with E-state index in [2.05, 4.69) is 55.7 Å². The van der Waals surface area contributed by atoms with Crippen LogP contribution in [0.4, 0.5) is 0 Å². The maximum Gasteiger partial charge on any atom is 0.221 e. The van der Waals surface area contributed by atoms with Gasteiger partial charge in [-0.05, 0) is 42.5 Å². The number of rotatable bonds is 6. The van der Waals surface area contributed by atoms with Crippen molar-refractivity contribution in [2.24, 2.45) is 23.7 Å². The molecular weight excluding hydrogens is 402 g/mol. The van der Waals surface area contributed by atoms with E-state index in [1.807, 2.05) is 25.0 Å². The Bertz CT molecular complexity index is 953. The van der Waals surface area contributed by atoms with Gasteiger partial charge in [-0.3, -0.25) is 19.4 Å². The first-order valence-corrected chi connectivity index (χ1v) is 11.6. The second-order valence-electron chi connectivity index (χ2n) is 9.08. The number of hydrogen-bond donors (Lipinski definition) is 2. The summed E-state index contributed by atoms with van der Waals surface area (Å²) in [6.45, 7) is 5.32. The first kappa shape index (κ1) is 22.3. The standard InChI is InChI=1S/C24H35N7O/c1-26-24(31-10-8-20(17-31)22-13-28-29(2)15-22)27-12-18-5-3-6-19(11-18)14-30-9-4-7-21(16-30)23(25)32/h3,5-6,11,13,15,20-21H,4,7-10,12,14,16-17H2,1-2H3,(H2,25,32)(H,26,27). The Morgan fingerprint density at radius 3 is 2.84 bits per heavy atom. The second kappa shape index (κ2) is 10.2. The Morgan fingerprint density at radius 1 is 1.25 bits per heavy atom. The van der Waals surface area contributed by atoms with E-state index in [1.165, 1.54) is 16.7 Å². The summed E-state index contributed by atoms with van der Waals surface area (Å²) in [7, 11) is 3.81. The number of aliphatic imine (C=N–C) groups is 1. The smallest absolute Gasteiger partial charge is 0.221 e. The highest BCUT2D eigenvalue weighted by molar-refractivity contribution is 5.80. The molecule has 172 valence electrons. The molecule has 4 rings (SSSR count). The molecule has 0 bridgehead atoms. The second-order valence-corrected chi connectivity index (χ2v) is 9.08. The van der Waals surface area contributed by atoms with Crippen molar-refractivity contribution in [1.82, 2.24) is 24.9 Å². The van der Waals surface area contributed by atoms with E-state index in [0.29, 0.717) is 5.92 Å². The van der Waals surface area contributed by atoms with Crippen molar-refractivity contribution in [2.75, 3.05) is 33.2 Å². The minimum atomic E-state index is -0.174. The number of guanidine groups is 1. The Hall–Kier alpha value is -2.87. The van der Waals surface area contributed by atoms with Gasteiger partial charge in [0.2, 0.25) is 5.91 Å². The fourth-order valence-electron chi connectivity index (χ4n) is 4.92. The number of nitrogens with two attached hydrogens (primary N) is 1. The quantitative estimate of drug-likeness (QED) is 0.530. The van der Waals surface area contributed by atoms with Crippen LogP contribution in [0.5, 0.6) is 0 Å². The van der Waals surface area contributed by atoms with Gasteiger partial charge in [0, 0.05) is 58.9 Å². The van der Waals surface area contributed by atoms with Gasteiger partial charge in [0.05, 0.1) is 12.1 Å². The average molecular weight is 438 g/mol. The molecule has 0 aliphatic carbocycles. The van der Waals surface area contributed by atoms with Crippen molar-refractivity contribution in [3.8, 4) is 0 Å². The van der Waals surface area contributed by atoms with E-state index in [4.69, 9.17) is 5.73 Å². The molecule has 8 nitrogen and oxygen atoms in total. The third kappa shape index (κ3) is 5.48. The van der Waals surface area contributed by atoms with Crippen LogP contribution in [0.1, 0.15) is 41.9 Å². The summed E-state index contributed by atoms with van der Waals surface area (Å²) in [5, 5.41) is 7.85. The summed E-state index contributed by atoms with van der Waals surface area (Å²) in [5.74, 6) is 1.25. The number of piperidine rings is 1. The molecule has 2 atom stereocenters. The van der Waals surface area contributed by atoms with Crippen molar-refractivity contribution < 1.29 is 4.79 Å². The monoisotopic (exact) mass is 437 g/mol. The molecule has 2 saturated heterocycles. The van der Waals surface area contributed by atoms with E-state index >= 15 is 0 Å². The zero-order valence-corrected chi connectivity index (χ0v) is 19.2. The van der Waals surface area contributed by atoms with Gasteiger partial charge in [-0.15, -0.1) is 0 Å². The van der Waals surface area contributed by atoms with Gasteiger partial charge in [-0.1, -0.05) is 24.3 Å². The number of aromatic nitrogens is 2. The molecule has 1 aromatic carbocycles. The van der Waals surface area contributed by atoms with Crippen LogP contribution in [0, 0.1) is 5.92 Å². The van der Waals surface area contributed by atoms with Crippen molar-refractivity contribution in [3.05, 3.63) is 53.3 Å². The lowest BCUT2D eigenvalue weighted by molar-refractivity contribution is -0.123. The predicted octanol–water partition coefficient (Wildman–Crippen LogP) is 1.68. The van der Waals surface area contributed by atoms with Gasteiger partial charge in [0.15, 0.2) is 5.96 Å². The Kier molecular flexibility index (Phi) is 7.09. The highest BCUT2D eigenvalue weighted by Crippen LogP contribution is 2.26. The van der Waals surface area contributed by atoms with Crippen molar-refractivity contribution in [2.45, 2.75) is 38.3 Å². The molecule has 0 saturated carbocycles. The summed E-state index contributed by atoms with van der Waals surface area (Å²) in [6.07, 6.45) is 7.14. The molecule has 2 unspecified atom stereocenters. The van der Waals surface area contributed by atoms with Crippen LogP contribution in [0.15, 0.2) is 41.7 Å². The van der Waals surface area contributed by atoms with Gasteiger partial charge in [-0.25, -0.2) is 0 Å². The Labute approximate surface area is 190 Å². The van der Waals surface area contributed by atoms with E-state index in [9.17, 15) is 4.79 Å². The van der Waals surface area contributed by atoms with Crippen LogP contribution >= 0.6 is 0 Å². The van der Waals surface area contributed by atoms with Gasteiger partial charge in [0.1, 0.15) is 0 Å². The van der Waals surface area contributed by atoms with Crippen molar-refractivity contribution in [1.29, 1.82) is 0 Å². The molecule has 32 heavy (non-hydrogen) atoms. The van der Waals surface area contributed by atoms with Crippen molar-refractivity contribution in [3.63, 3.8) is 0 Å². The molecular formula is C24H35N7O. The summed E-state index contributed by atoms with van der Waals surface area (Å²) < 4.78 is 1.87. The number of carbonyl (C=O) groups is 1. The maximum atomic E-state index is 11.6. The number of primary amides is 1. The normalized spacial score (nSPS) is 22.3. The highest BCUT2D eigenvalue weighted by Gasteiger charge is 2.27. The Balaban J connectivity index is 1.31. The minimum Gasteiger partial charge on any atom is -0.369 e. The summed E-state index contributed by atoms with van der Waals surface area (Å²) in [4.78, 5) is 20.8. The van der Waals surface area contributed by atoms with Crippen LogP contribution in [-0.2, 0) is 24.9 Å². The third-order valence-electron chi connectivity index (χ3n) is 6.65. The topological polar surface area (TPSA) is 91.8 Å². The maximum absolute atomic E-state index is 11.6. The number of aryl methyl sites for hydroxylation is 1. The highest BCUT2D eigenvalue weighted by atomic mass is 16.1. The number of nitrogens with one attached hydrogen (secondary N) is 1. The fourth-order valence-corrected chi connectivity index (χ4v) is 4.92. The zero-order valence-electron chi connectivity index (χ0n) is 19.2. The van der Waals surface area contributed by atoms with Crippen LogP contribution in [0.2, 0.25) is 0 Å². The van der Waals surface area contributed by atoms with E-state index < -0.39 is 0 Å². The number of amides is 1. The van der Waals surface area contributed by atoms with Crippen LogP contribution in [-0.4, -0.2) is 64.7 Å². The number of benzene rings is 1. The largest absolute Gasteiger partial charge is 0.369 e. The predicted molar refractivity (Wildman–Crippen MR) is 126 cm³/mol. The van der Waals surface area contributed by atoms with Crippen LogP contribution < -0.4 is 11.1 Å². The summed E-state index contributed by atoms with van der Waals surface area (Å²) >= 11 is 0. The Morgan fingerprint density at radius 2 is 2.09 bits per heavy atom. The summed E-state index contributed by atoms with van der Waals surface area (Å²) in [6, 6.07) is 8.66. The van der Waals surface area contributed by atoms with Crippen LogP contribution in [0.25, 0.3) is 0 Å². The molecule has 2 aromatic rings. The SMILES string of the molecule is CN=C(NCc1cccc(CN2CCCC(C(N)=O)C2)c1)N1CCC(c2cnn(C)c2)C1. The number of likely N-dealkylation sites (tertiary alicyclic amines) is 2. The number of carbonyl (C=O) groups excluding carboxylic acids is 1. The minimum absolute atomic E-state index is 0.0205. The van der Waals surface area contributed by atoms with Crippen LogP contribution in [0.3, 0.4) is 0 Å². The number of nitrogens with zero attached hydrogens (tertiary/aromatic N) is 5. The van der Waals surface area contributed by atoms with Gasteiger partial charge < -0.3 is 16.0 Å². The number of hydrogen-bond acceptors (Lipinski definition) is 4. The average Bonchev–Trinajstić information content (AvgIpc) is 3.44. The fraction of sp³-hybridized carbons (Fsp3) is 0.542. The molecule has 0 radical (unpaired) electrons. The molecule has 3 N–H and O–H groups in total.